The van der Waals surface area contributed by atoms with Crippen LogP contribution in [0.3, 0.4) is 0 Å². The Kier molecular flexibility index (Phi) is 4.92. The van der Waals surface area contributed by atoms with Crippen molar-refractivity contribution < 1.29 is 19.1 Å². The molecule has 0 saturated carbocycles. The number of ether oxygens (including phenoxy) is 1. The van der Waals surface area contributed by atoms with Crippen molar-refractivity contribution in [1.82, 2.24) is 19.9 Å². The van der Waals surface area contributed by atoms with Gasteiger partial charge < -0.3 is 20.3 Å². The molecule has 2 rings (SSSR count). The fourth-order valence-corrected chi connectivity index (χ4v) is 1.87. The fourth-order valence-electron chi connectivity index (χ4n) is 1.51. The van der Waals surface area contributed by atoms with Gasteiger partial charge >= 0.3 is 7.60 Å². The van der Waals surface area contributed by atoms with E-state index in [2.05, 4.69) is 19.9 Å². The van der Waals surface area contributed by atoms with Gasteiger partial charge in [0.1, 0.15) is 17.9 Å². The van der Waals surface area contributed by atoms with Gasteiger partial charge in [-0.1, -0.05) is 6.07 Å². The zero-order chi connectivity index (χ0) is 15.3. The molecular weight excluding hydrogens is 297 g/mol. The topological polar surface area (TPSA) is 144 Å². The summed E-state index contributed by atoms with van der Waals surface area (Å²) in [5, 5.41) is 0. The van der Waals surface area contributed by atoms with Crippen LogP contribution in [-0.4, -0.2) is 42.7 Å². The minimum Gasteiger partial charge on any atom is -0.368 e. The lowest BCUT2D eigenvalue weighted by Crippen LogP contribution is -2.09. The van der Waals surface area contributed by atoms with Crippen LogP contribution < -0.4 is 5.73 Å². The first-order chi connectivity index (χ1) is 9.94. The second-order valence-electron chi connectivity index (χ2n) is 4.10. The largest absolute Gasteiger partial charge is 0.368 e. The summed E-state index contributed by atoms with van der Waals surface area (Å²) in [7, 11) is -4.16. The lowest BCUT2D eigenvalue weighted by atomic mass is 10.3. The van der Waals surface area contributed by atoms with E-state index in [0.29, 0.717) is 17.3 Å². The summed E-state index contributed by atoms with van der Waals surface area (Å²) in [5.74, 6) is 0.762. The van der Waals surface area contributed by atoms with Crippen LogP contribution in [0.1, 0.15) is 5.82 Å². The van der Waals surface area contributed by atoms with Gasteiger partial charge in [-0.25, -0.2) is 4.98 Å². The van der Waals surface area contributed by atoms with Crippen molar-refractivity contribution in [3.63, 3.8) is 0 Å². The second-order valence-corrected chi connectivity index (χ2v) is 5.69. The average molecular weight is 311 g/mol. The average Bonchev–Trinajstić information content (AvgIpc) is 2.43. The van der Waals surface area contributed by atoms with Crippen LogP contribution in [-0.2, 0) is 15.7 Å². The normalized spacial score (nSPS) is 11.5. The lowest BCUT2D eigenvalue weighted by molar-refractivity contribution is 0.159. The molecule has 10 heteroatoms. The molecule has 0 aliphatic rings. The highest BCUT2D eigenvalue weighted by molar-refractivity contribution is 7.51. The van der Waals surface area contributed by atoms with Crippen molar-refractivity contribution in [2.75, 3.05) is 18.7 Å². The number of nitrogens with two attached hydrogens (primary N) is 1. The van der Waals surface area contributed by atoms with E-state index >= 15 is 0 Å². The molecule has 2 heterocycles. The number of anilines is 1. The predicted octanol–water partition coefficient (Wildman–Crippen LogP) is 0.210. The molecule has 0 spiro atoms. The first-order valence-corrected chi connectivity index (χ1v) is 7.78. The fraction of sp³-hybridized carbons (Fsp3) is 0.273. The number of nitrogens with zero attached hydrogens (tertiary/aromatic N) is 4. The van der Waals surface area contributed by atoms with Gasteiger partial charge in [-0.15, -0.1) is 0 Å². The number of pyridine rings is 1. The first kappa shape index (κ1) is 15.5. The van der Waals surface area contributed by atoms with E-state index in [4.69, 9.17) is 20.3 Å². The van der Waals surface area contributed by atoms with Gasteiger partial charge in [-0.2, -0.15) is 9.97 Å². The highest BCUT2D eigenvalue weighted by Crippen LogP contribution is 2.33. The van der Waals surface area contributed by atoms with Crippen LogP contribution in [0.4, 0.5) is 5.95 Å². The van der Waals surface area contributed by atoms with Crippen molar-refractivity contribution in [2.24, 2.45) is 0 Å². The summed E-state index contributed by atoms with van der Waals surface area (Å²) in [4.78, 5) is 33.6. The van der Waals surface area contributed by atoms with Gasteiger partial charge in [-0.05, 0) is 12.1 Å². The van der Waals surface area contributed by atoms with Crippen LogP contribution in [0.15, 0.2) is 24.4 Å². The molecule has 0 saturated heterocycles. The molecule has 0 bridgehead atoms. The smallest absolute Gasteiger partial charge is 0.350 e. The van der Waals surface area contributed by atoms with Crippen molar-refractivity contribution in [3.8, 4) is 11.5 Å². The van der Waals surface area contributed by atoms with E-state index < -0.39 is 13.9 Å². The predicted molar refractivity (Wildman–Crippen MR) is 74.0 cm³/mol. The molecule has 0 fully saturated rings. The van der Waals surface area contributed by atoms with Gasteiger partial charge in [0.2, 0.25) is 5.95 Å². The minimum atomic E-state index is -4.16. The summed E-state index contributed by atoms with van der Waals surface area (Å²) >= 11 is 0. The van der Waals surface area contributed by atoms with Crippen LogP contribution >= 0.6 is 7.60 Å². The molecule has 112 valence electrons. The van der Waals surface area contributed by atoms with Gasteiger partial charge in [0.25, 0.3) is 0 Å². The Hall–Kier alpha value is -1.93. The third-order valence-corrected chi connectivity index (χ3v) is 2.84. The second kappa shape index (κ2) is 6.68. The van der Waals surface area contributed by atoms with Crippen molar-refractivity contribution in [1.29, 1.82) is 0 Å². The Balaban J connectivity index is 2.04. The van der Waals surface area contributed by atoms with Crippen molar-refractivity contribution >= 4 is 13.5 Å². The van der Waals surface area contributed by atoms with Crippen LogP contribution in [0.5, 0.6) is 0 Å². The highest BCUT2D eigenvalue weighted by Gasteiger charge is 2.13. The summed E-state index contributed by atoms with van der Waals surface area (Å²) in [6, 6.07) is 5.30. The maximum Gasteiger partial charge on any atom is 0.350 e. The lowest BCUT2D eigenvalue weighted by Gasteiger charge is -2.06. The van der Waals surface area contributed by atoms with Gasteiger partial charge in [0.15, 0.2) is 5.82 Å². The van der Waals surface area contributed by atoms with E-state index in [0.717, 1.165) is 0 Å². The number of aromatic nitrogens is 4. The molecule has 0 aliphatic heterocycles. The third kappa shape index (κ3) is 5.16. The van der Waals surface area contributed by atoms with E-state index in [1.165, 1.54) is 0 Å². The molecule has 0 aromatic carbocycles. The number of rotatable bonds is 6. The molecule has 21 heavy (non-hydrogen) atoms. The number of nitrogen functional groups attached to an aromatic ring is 1. The van der Waals surface area contributed by atoms with Crippen molar-refractivity contribution in [3.05, 3.63) is 30.2 Å². The van der Waals surface area contributed by atoms with Crippen LogP contribution in [0.2, 0.25) is 0 Å². The maximum absolute atomic E-state index is 10.6. The zero-order valence-electron chi connectivity index (χ0n) is 11.0. The zero-order valence-corrected chi connectivity index (χ0v) is 11.8. The first-order valence-electron chi connectivity index (χ1n) is 5.98. The molecule has 9 nitrogen and oxygen atoms in total. The summed E-state index contributed by atoms with van der Waals surface area (Å²) in [5.41, 5.74) is 6.17. The minimum absolute atomic E-state index is 0.0515. The third-order valence-electron chi connectivity index (χ3n) is 2.32. The Bertz CT molecular complexity index is 648. The standard InChI is InChI=1S/C11H14N5O4P/c12-11-15-9(4-6-20-7-21(17,18)19)14-10(16-11)8-3-1-2-5-13-8/h1-3,5H,4,6-7H2,(H2,17,18,19)(H2,12,14,15,16). The van der Waals surface area contributed by atoms with E-state index in [9.17, 15) is 4.57 Å². The van der Waals surface area contributed by atoms with Crippen LogP contribution in [0, 0.1) is 0 Å². The summed E-state index contributed by atoms with van der Waals surface area (Å²) < 4.78 is 15.5. The van der Waals surface area contributed by atoms with Crippen molar-refractivity contribution in [2.45, 2.75) is 6.42 Å². The number of hydrogen-bond donors (Lipinski definition) is 3. The Morgan fingerprint density at radius 2 is 2.05 bits per heavy atom. The Morgan fingerprint density at radius 1 is 1.24 bits per heavy atom. The molecule has 0 atom stereocenters. The van der Waals surface area contributed by atoms with Gasteiger partial charge in [0, 0.05) is 12.6 Å². The molecule has 0 unspecified atom stereocenters. The van der Waals surface area contributed by atoms with E-state index in [1.807, 2.05) is 0 Å². The van der Waals surface area contributed by atoms with E-state index in [-0.39, 0.29) is 19.0 Å². The van der Waals surface area contributed by atoms with Gasteiger partial charge in [0.05, 0.1) is 6.61 Å². The maximum atomic E-state index is 10.6. The van der Waals surface area contributed by atoms with Crippen LogP contribution in [0.25, 0.3) is 11.5 Å². The molecule has 4 N–H and O–H groups in total. The highest BCUT2D eigenvalue weighted by atomic mass is 31.2. The molecule has 0 aliphatic carbocycles. The molecule has 0 amide bonds. The molecule has 2 aromatic heterocycles. The summed E-state index contributed by atoms with van der Waals surface area (Å²) in [6.45, 7) is 0.0657. The quantitative estimate of drug-likeness (QED) is 0.503. The Morgan fingerprint density at radius 3 is 2.71 bits per heavy atom. The molecule has 0 radical (unpaired) electrons. The van der Waals surface area contributed by atoms with Gasteiger partial charge in [-0.3, -0.25) is 9.55 Å². The molecule has 2 aromatic rings. The SMILES string of the molecule is Nc1nc(CCOCP(=O)(O)O)nc(-c2ccccn2)n1. The molecular formula is C11H14N5O4P. The van der Waals surface area contributed by atoms with E-state index in [1.54, 1.807) is 24.4 Å². The summed E-state index contributed by atoms with van der Waals surface area (Å²) in [6.07, 6.45) is 1.23. The number of hydrogen-bond acceptors (Lipinski definition) is 7. The Labute approximate surface area is 120 Å². The monoisotopic (exact) mass is 311 g/mol.